The molecule has 1 saturated heterocycles. The Morgan fingerprint density at radius 3 is 2.44 bits per heavy atom. The molecule has 94 valence electrons. The summed E-state index contributed by atoms with van der Waals surface area (Å²) >= 11 is 0. The first-order chi connectivity index (χ1) is 7.72. The summed E-state index contributed by atoms with van der Waals surface area (Å²) < 4.78 is 0. The van der Waals surface area contributed by atoms with E-state index in [2.05, 4.69) is 31.1 Å². The van der Waals surface area contributed by atoms with E-state index in [9.17, 15) is 0 Å². The van der Waals surface area contributed by atoms with Crippen LogP contribution in [0.4, 0.5) is 0 Å². The van der Waals surface area contributed by atoms with Crippen LogP contribution in [0.1, 0.15) is 39.5 Å². The van der Waals surface area contributed by atoms with E-state index in [4.69, 9.17) is 0 Å². The number of hydrogen-bond acceptors (Lipinski definition) is 2. The topological polar surface area (TPSA) is 15.3 Å². The van der Waals surface area contributed by atoms with Crippen LogP contribution in [-0.4, -0.2) is 37.6 Å². The molecule has 2 fully saturated rings. The van der Waals surface area contributed by atoms with Crippen molar-refractivity contribution in [1.29, 1.82) is 0 Å². The van der Waals surface area contributed by atoms with E-state index in [1.54, 1.807) is 0 Å². The highest BCUT2D eigenvalue weighted by Gasteiger charge is 2.35. The molecule has 1 aliphatic carbocycles. The Morgan fingerprint density at radius 2 is 1.81 bits per heavy atom. The maximum Gasteiger partial charge on any atom is 0.0147 e. The fourth-order valence-electron chi connectivity index (χ4n) is 3.97. The molecule has 1 aliphatic heterocycles. The van der Waals surface area contributed by atoms with Gasteiger partial charge in [-0.2, -0.15) is 0 Å². The van der Waals surface area contributed by atoms with Crippen molar-refractivity contribution in [2.75, 3.05) is 26.7 Å². The summed E-state index contributed by atoms with van der Waals surface area (Å²) in [5, 5.41) is 3.33. The molecule has 2 rings (SSSR count). The summed E-state index contributed by atoms with van der Waals surface area (Å²) in [5.74, 6) is 2.72. The molecule has 0 aromatic rings. The average molecular weight is 224 g/mol. The van der Waals surface area contributed by atoms with Crippen molar-refractivity contribution in [1.82, 2.24) is 10.2 Å². The standard InChI is InChI=1S/C14H28N2/c1-11-5-4-6-12(2)14(11)16-8-7-13(10-16)9-15-3/h11-15H,4-10H2,1-3H3. The van der Waals surface area contributed by atoms with Crippen molar-refractivity contribution in [3.63, 3.8) is 0 Å². The molecule has 3 atom stereocenters. The molecule has 1 heterocycles. The van der Waals surface area contributed by atoms with Crippen molar-refractivity contribution < 1.29 is 0 Å². The van der Waals surface area contributed by atoms with Gasteiger partial charge in [-0.3, -0.25) is 4.90 Å². The number of nitrogens with zero attached hydrogens (tertiary/aromatic N) is 1. The highest BCUT2D eigenvalue weighted by molar-refractivity contribution is 4.90. The van der Waals surface area contributed by atoms with E-state index in [1.807, 2.05) is 0 Å². The van der Waals surface area contributed by atoms with E-state index < -0.39 is 0 Å². The zero-order valence-corrected chi connectivity index (χ0v) is 11.2. The zero-order chi connectivity index (χ0) is 11.5. The molecule has 2 nitrogen and oxygen atoms in total. The maximum absolute atomic E-state index is 3.33. The molecular weight excluding hydrogens is 196 g/mol. The van der Waals surface area contributed by atoms with Crippen LogP contribution in [0.3, 0.4) is 0 Å². The predicted molar refractivity (Wildman–Crippen MR) is 69.6 cm³/mol. The van der Waals surface area contributed by atoms with Gasteiger partial charge in [-0.1, -0.05) is 20.3 Å². The lowest BCUT2D eigenvalue weighted by molar-refractivity contribution is 0.0868. The first-order valence-electron chi connectivity index (χ1n) is 7.11. The quantitative estimate of drug-likeness (QED) is 0.791. The van der Waals surface area contributed by atoms with E-state index in [0.717, 1.165) is 23.8 Å². The SMILES string of the molecule is CNCC1CCN(C2C(C)CCCC2C)C1. The smallest absolute Gasteiger partial charge is 0.0147 e. The summed E-state index contributed by atoms with van der Waals surface area (Å²) in [7, 11) is 2.08. The number of nitrogens with one attached hydrogen (secondary N) is 1. The molecule has 3 unspecified atom stereocenters. The van der Waals surface area contributed by atoms with E-state index in [-0.39, 0.29) is 0 Å². The van der Waals surface area contributed by atoms with Gasteiger partial charge in [0.2, 0.25) is 0 Å². The highest BCUT2D eigenvalue weighted by atomic mass is 15.2. The minimum Gasteiger partial charge on any atom is -0.319 e. The van der Waals surface area contributed by atoms with Crippen LogP contribution in [-0.2, 0) is 0 Å². The fraction of sp³-hybridized carbons (Fsp3) is 1.00. The van der Waals surface area contributed by atoms with E-state index in [1.165, 1.54) is 45.3 Å². The van der Waals surface area contributed by atoms with Crippen LogP contribution in [0.2, 0.25) is 0 Å². The number of rotatable bonds is 3. The second-order valence-corrected chi connectivity index (χ2v) is 6.08. The molecular formula is C14H28N2. The molecule has 2 heteroatoms. The Labute approximate surface area is 101 Å². The van der Waals surface area contributed by atoms with E-state index in [0.29, 0.717) is 0 Å². The monoisotopic (exact) mass is 224 g/mol. The third-order valence-electron chi connectivity index (χ3n) is 4.72. The van der Waals surface area contributed by atoms with Gasteiger partial charge in [-0.25, -0.2) is 0 Å². The average Bonchev–Trinajstić information content (AvgIpc) is 2.67. The molecule has 2 aliphatic rings. The van der Waals surface area contributed by atoms with Gasteiger partial charge < -0.3 is 5.32 Å². The Hall–Kier alpha value is -0.0800. The maximum atomic E-state index is 3.33. The van der Waals surface area contributed by atoms with Crippen LogP contribution in [0.25, 0.3) is 0 Å². The Bertz CT molecular complexity index is 207. The molecule has 0 amide bonds. The molecule has 16 heavy (non-hydrogen) atoms. The van der Waals surface area contributed by atoms with Gasteiger partial charge in [0.15, 0.2) is 0 Å². The lowest BCUT2D eigenvalue weighted by atomic mass is 9.78. The van der Waals surface area contributed by atoms with Gasteiger partial charge in [0.25, 0.3) is 0 Å². The molecule has 0 aromatic heterocycles. The Kier molecular flexibility index (Phi) is 4.26. The number of hydrogen-bond donors (Lipinski definition) is 1. The van der Waals surface area contributed by atoms with Crippen LogP contribution < -0.4 is 5.32 Å². The van der Waals surface area contributed by atoms with Crippen LogP contribution in [0.5, 0.6) is 0 Å². The van der Waals surface area contributed by atoms with Gasteiger partial charge in [-0.05, 0) is 57.2 Å². The first-order valence-corrected chi connectivity index (χ1v) is 7.11. The second-order valence-electron chi connectivity index (χ2n) is 6.08. The van der Waals surface area contributed by atoms with Crippen LogP contribution in [0, 0.1) is 17.8 Å². The predicted octanol–water partition coefficient (Wildman–Crippen LogP) is 2.35. The van der Waals surface area contributed by atoms with Crippen LogP contribution >= 0.6 is 0 Å². The second kappa shape index (κ2) is 5.50. The largest absolute Gasteiger partial charge is 0.319 e. The lowest BCUT2D eigenvalue weighted by Crippen LogP contribution is -2.45. The molecule has 1 N–H and O–H groups in total. The molecule has 0 radical (unpaired) electrons. The van der Waals surface area contributed by atoms with Crippen molar-refractivity contribution in [3.05, 3.63) is 0 Å². The summed E-state index contributed by atoms with van der Waals surface area (Å²) in [4.78, 5) is 2.79. The molecule has 0 bridgehead atoms. The minimum atomic E-state index is 0.871. The molecule has 0 aromatic carbocycles. The fourth-order valence-corrected chi connectivity index (χ4v) is 3.97. The van der Waals surface area contributed by atoms with Gasteiger partial charge >= 0.3 is 0 Å². The minimum absolute atomic E-state index is 0.871. The van der Waals surface area contributed by atoms with Crippen molar-refractivity contribution in [2.24, 2.45) is 17.8 Å². The summed E-state index contributed by atoms with van der Waals surface area (Å²) in [6, 6.07) is 0.871. The lowest BCUT2D eigenvalue weighted by Gasteiger charge is -2.41. The van der Waals surface area contributed by atoms with Gasteiger partial charge in [-0.15, -0.1) is 0 Å². The van der Waals surface area contributed by atoms with Gasteiger partial charge in [0, 0.05) is 12.6 Å². The zero-order valence-electron chi connectivity index (χ0n) is 11.2. The first kappa shape index (κ1) is 12.4. The summed E-state index contributed by atoms with van der Waals surface area (Å²) in [6.07, 6.45) is 5.74. The Morgan fingerprint density at radius 1 is 1.12 bits per heavy atom. The van der Waals surface area contributed by atoms with Crippen molar-refractivity contribution in [3.8, 4) is 0 Å². The normalized spacial score (nSPS) is 41.4. The van der Waals surface area contributed by atoms with Crippen molar-refractivity contribution in [2.45, 2.75) is 45.6 Å². The van der Waals surface area contributed by atoms with Crippen molar-refractivity contribution >= 4 is 0 Å². The van der Waals surface area contributed by atoms with E-state index >= 15 is 0 Å². The summed E-state index contributed by atoms with van der Waals surface area (Å²) in [5.41, 5.74) is 0. The van der Waals surface area contributed by atoms with Gasteiger partial charge in [0.1, 0.15) is 0 Å². The summed E-state index contributed by atoms with van der Waals surface area (Å²) in [6.45, 7) is 8.80. The van der Waals surface area contributed by atoms with Crippen LogP contribution in [0.15, 0.2) is 0 Å². The highest BCUT2D eigenvalue weighted by Crippen LogP contribution is 2.35. The third kappa shape index (κ3) is 2.60. The van der Waals surface area contributed by atoms with Gasteiger partial charge in [0.05, 0.1) is 0 Å². The molecule has 1 saturated carbocycles. The number of likely N-dealkylation sites (tertiary alicyclic amines) is 1. The Balaban J connectivity index is 1.91. The molecule has 0 spiro atoms. The third-order valence-corrected chi connectivity index (χ3v) is 4.72.